The standard InChI is InChI=1S/C18H29FN4S/c1-3-23-11-9-15(14-23)13-22-18(20-2)21-10-4-12-24-17-7-5-16(19)6-8-17/h5-8,15H,3-4,9-14H2,1-2H3,(H2,20,21,22). The lowest BCUT2D eigenvalue weighted by molar-refractivity contribution is 0.342. The van der Waals surface area contributed by atoms with Crippen LogP contribution in [-0.4, -0.2) is 56.4 Å². The topological polar surface area (TPSA) is 39.7 Å². The van der Waals surface area contributed by atoms with Crippen molar-refractivity contribution in [3.8, 4) is 0 Å². The molecule has 0 aliphatic carbocycles. The zero-order valence-corrected chi connectivity index (χ0v) is 15.5. The summed E-state index contributed by atoms with van der Waals surface area (Å²) in [6.45, 7) is 7.65. The lowest BCUT2D eigenvalue weighted by atomic mass is 10.1. The summed E-state index contributed by atoms with van der Waals surface area (Å²) in [5.41, 5.74) is 0. The van der Waals surface area contributed by atoms with E-state index in [1.54, 1.807) is 11.8 Å². The number of likely N-dealkylation sites (tertiary alicyclic amines) is 1. The first-order valence-corrected chi connectivity index (χ1v) is 9.75. The number of hydrogen-bond donors (Lipinski definition) is 2. The Morgan fingerprint density at radius 3 is 2.79 bits per heavy atom. The monoisotopic (exact) mass is 352 g/mol. The maximum Gasteiger partial charge on any atom is 0.190 e. The molecule has 24 heavy (non-hydrogen) atoms. The molecule has 1 atom stereocenters. The predicted molar refractivity (Wildman–Crippen MR) is 101 cm³/mol. The third-order valence-electron chi connectivity index (χ3n) is 4.29. The van der Waals surface area contributed by atoms with Gasteiger partial charge in [-0.05, 0) is 61.9 Å². The third kappa shape index (κ3) is 6.69. The Labute approximate surface area is 149 Å². The maximum absolute atomic E-state index is 12.8. The number of hydrogen-bond acceptors (Lipinski definition) is 3. The third-order valence-corrected chi connectivity index (χ3v) is 5.39. The molecule has 0 amide bonds. The summed E-state index contributed by atoms with van der Waals surface area (Å²) in [6.07, 6.45) is 2.31. The quantitative estimate of drug-likeness (QED) is 0.327. The Hall–Kier alpha value is -1.27. The average Bonchev–Trinajstić information content (AvgIpc) is 3.07. The first-order chi connectivity index (χ1) is 11.7. The van der Waals surface area contributed by atoms with Crippen molar-refractivity contribution in [2.45, 2.75) is 24.7 Å². The van der Waals surface area contributed by atoms with Crippen LogP contribution >= 0.6 is 11.8 Å². The van der Waals surface area contributed by atoms with E-state index in [0.717, 1.165) is 48.6 Å². The molecule has 134 valence electrons. The van der Waals surface area contributed by atoms with Crippen LogP contribution < -0.4 is 10.6 Å². The number of guanidine groups is 1. The SMILES string of the molecule is CCN1CCC(CNC(=NC)NCCCSc2ccc(F)cc2)C1. The molecule has 0 saturated carbocycles. The van der Waals surface area contributed by atoms with Crippen molar-refractivity contribution in [1.29, 1.82) is 0 Å². The van der Waals surface area contributed by atoms with Gasteiger partial charge in [-0.25, -0.2) is 4.39 Å². The van der Waals surface area contributed by atoms with Crippen LogP contribution in [-0.2, 0) is 0 Å². The second kappa shape index (κ2) is 10.6. The van der Waals surface area contributed by atoms with E-state index in [1.165, 1.54) is 31.6 Å². The molecule has 1 fully saturated rings. The Bertz CT molecular complexity index is 506. The van der Waals surface area contributed by atoms with Crippen molar-refractivity contribution in [3.05, 3.63) is 30.1 Å². The van der Waals surface area contributed by atoms with Gasteiger partial charge in [0.2, 0.25) is 0 Å². The second-order valence-corrected chi connectivity index (χ2v) is 7.25. The highest BCUT2D eigenvalue weighted by Crippen LogP contribution is 2.18. The predicted octanol–water partition coefficient (Wildman–Crippen LogP) is 2.81. The molecule has 1 aromatic rings. The van der Waals surface area contributed by atoms with Crippen LogP contribution in [0.3, 0.4) is 0 Å². The Morgan fingerprint density at radius 1 is 1.33 bits per heavy atom. The van der Waals surface area contributed by atoms with Crippen molar-refractivity contribution >= 4 is 17.7 Å². The number of nitrogens with zero attached hydrogens (tertiary/aromatic N) is 2. The van der Waals surface area contributed by atoms with Crippen LogP contribution in [0, 0.1) is 11.7 Å². The summed E-state index contributed by atoms with van der Waals surface area (Å²) in [7, 11) is 1.82. The molecular weight excluding hydrogens is 323 g/mol. The van der Waals surface area contributed by atoms with Gasteiger partial charge in [0, 0.05) is 31.6 Å². The van der Waals surface area contributed by atoms with E-state index < -0.39 is 0 Å². The molecular formula is C18H29FN4S. The van der Waals surface area contributed by atoms with Gasteiger partial charge in [0.1, 0.15) is 5.82 Å². The summed E-state index contributed by atoms with van der Waals surface area (Å²) < 4.78 is 12.8. The van der Waals surface area contributed by atoms with Gasteiger partial charge in [-0.15, -0.1) is 11.8 Å². The number of rotatable bonds is 8. The lowest BCUT2D eigenvalue weighted by Crippen LogP contribution is -2.40. The van der Waals surface area contributed by atoms with Gasteiger partial charge in [-0.1, -0.05) is 6.92 Å². The zero-order chi connectivity index (χ0) is 17.2. The zero-order valence-electron chi connectivity index (χ0n) is 14.7. The first kappa shape index (κ1) is 19.1. The maximum atomic E-state index is 12.8. The summed E-state index contributed by atoms with van der Waals surface area (Å²) in [6, 6.07) is 6.67. The average molecular weight is 353 g/mol. The minimum Gasteiger partial charge on any atom is -0.356 e. The van der Waals surface area contributed by atoms with Gasteiger partial charge in [0.25, 0.3) is 0 Å². The molecule has 6 heteroatoms. The largest absolute Gasteiger partial charge is 0.356 e. The first-order valence-electron chi connectivity index (χ1n) is 8.76. The van der Waals surface area contributed by atoms with E-state index in [-0.39, 0.29) is 5.82 Å². The molecule has 2 N–H and O–H groups in total. The van der Waals surface area contributed by atoms with Gasteiger partial charge in [0.15, 0.2) is 5.96 Å². The highest BCUT2D eigenvalue weighted by molar-refractivity contribution is 7.99. The van der Waals surface area contributed by atoms with E-state index in [1.807, 2.05) is 19.2 Å². The van der Waals surface area contributed by atoms with Gasteiger partial charge < -0.3 is 15.5 Å². The molecule has 1 unspecified atom stereocenters. The van der Waals surface area contributed by atoms with Crippen LogP contribution in [0.4, 0.5) is 4.39 Å². The van der Waals surface area contributed by atoms with Crippen molar-refractivity contribution in [2.24, 2.45) is 10.9 Å². The number of thioether (sulfide) groups is 1. The van der Waals surface area contributed by atoms with Gasteiger partial charge in [-0.3, -0.25) is 4.99 Å². The second-order valence-electron chi connectivity index (χ2n) is 6.08. The van der Waals surface area contributed by atoms with Crippen LogP contribution in [0.5, 0.6) is 0 Å². The van der Waals surface area contributed by atoms with E-state index in [2.05, 4.69) is 27.4 Å². The van der Waals surface area contributed by atoms with E-state index in [4.69, 9.17) is 0 Å². The Balaban J connectivity index is 1.56. The summed E-state index contributed by atoms with van der Waals surface area (Å²) in [5, 5.41) is 6.80. The molecule has 0 spiro atoms. The van der Waals surface area contributed by atoms with Crippen LogP contribution in [0.1, 0.15) is 19.8 Å². The molecule has 0 bridgehead atoms. The van der Waals surface area contributed by atoms with Gasteiger partial charge >= 0.3 is 0 Å². The molecule has 2 rings (SSSR count). The molecule has 0 radical (unpaired) electrons. The normalized spacial score (nSPS) is 18.8. The van der Waals surface area contributed by atoms with E-state index >= 15 is 0 Å². The van der Waals surface area contributed by atoms with Crippen LogP contribution in [0.15, 0.2) is 34.2 Å². The number of benzene rings is 1. The summed E-state index contributed by atoms with van der Waals surface area (Å²) in [5.74, 6) is 2.43. The fourth-order valence-electron chi connectivity index (χ4n) is 2.83. The minimum absolute atomic E-state index is 0.180. The highest BCUT2D eigenvalue weighted by atomic mass is 32.2. The molecule has 4 nitrogen and oxygen atoms in total. The summed E-state index contributed by atoms with van der Waals surface area (Å²) >= 11 is 1.75. The molecule has 1 aliphatic heterocycles. The van der Waals surface area contributed by atoms with E-state index in [0.29, 0.717) is 0 Å². The number of aliphatic imine (C=N–C) groups is 1. The Kier molecular flexibility index (Phi) is 8.39. The van der Waals surface area contributed by atoms with Crippen LogP contribution in [0.2, 0.25) is 0 Å². The fraction of sp³-hybridized carbons (Fsp3) is 0.611. The van der Waals surface area contributed by atoms with Crippen molar-refractivity contribution < 1.29 is 4.39 Å². The fourth-order valence-corrected chi connectivity index (χ4v) is 3.68. The van der Waals surface area contributed by atoms with Crippen LogP contribution in [0.25, 0.3) is 0 Å². The van der Waals surface area contributed by atoms with Gasteiger partial charge in [0.05, 0.1) is 0 Å². The molecule has 0 aromatic heterocycles. The Morgan fingerprint density at radius 2 is 2.12 bits per heavy atom. The lowest BCUT2D eigenvalue weighted by Gasteiger charge is -2.16. The summed E-state index contributed by atoms with van der Waals surface area (Å²) in [4.78, 5) is 7.89. The number of nitrogens with one attached hydrogen (secondary N) is 2. The molecule has 1 saturated heterocycles. The van der Waals surface area contributed by atoms with Crippen molar-refractivity contribution in [1.82, 2.24) is 15.5 Å². The molecule has 1 aliphatic rings. The van der Waals surface area contributed by atoms with Crippen molar-refractivity contribution in [2.75, 3.05) is 45.5 Å². The van der Waals surface area contributed by atoms with Crippen molar-refractivity contribution in [3.63, 3.8) is 0 Å². The molecule has 1 aromatic carbocycles. The highest BCUT2D eigenvalue weighted by Gasteiger charge is 2.20. The van der Waals surface area contributed by atoms with Gasteiger partial charge in [-0.2, -0.15) is 0 Å². The molecule has 1 heterocycles. The minimum atomic E-state index is -0.180. The van der Waals surface area contributed by atoms with E-state index in [9.17, 15) is 4.39 Å². The smallest absolute Gasteiger partial charge is 0.190 e. The number of halogens is 1.